The van der Waals surface area contributed by atoms with Crippen LogP contribution in [0.25, 0.3) is 5.82 Å². The number of nitrogens with zero attached hydrogens (tertiary/aromatic N) is 3. The largest absolute Gasteiger partial charge is 0.338 e. The molecule has 140 valence electrons. The van der Waals surface area contributed by atoms with Crippen molar-refractivity contribution in [3.05, 3.63) is 78.0 Å². The summed E-state index contributed by atoms with van der Waals surface area (Å²) in [6.45, 7) is 5.18. The van der Waals surface area contributed by atoms with Gasteiger partial charge in [0, 0.05) is 31.7 Å². The summed E-state index contributed by atoms with van der Waals surface area (Å²) in [5.41, 5.74) is 2.24. The summed E-state index contributed by atoms with van der Waals surface area (Å²) < 4.78 is 1.91. The van der Waals surface area contributed by atoms with Gasteiger partial charge in [-0.25, -0.2) is 14.8 Å². The summed E-state index contributed by atoms with van der Waals surface area (Å²) in [7, 11) is 0. The number of carbonyl (C=O) groups excluding carboxylic acids is 1. The Bertz CT molecular complexity index is 858. The average molecular weight is 363 g/mol. The molecule has 2 heterocycles. The van der Waals surface area contributed by atoms with Gasteiger partial charge in [-0.1, -0.05) is 43.3 Å². The van der Waals surface area contributed by atoms with Crippen molar-refractivity contribution in [2.45, 2.75) is 32.7 Å². The van der Waals surface area contributed by atoms with Crippen molar-refractivity contribution < 1.29 is 4.79 Å². The highest BCUT2D eigenvalue weighted by Gasteiger charge is 2.07. The minimum Gasteiger partial charge on any atom is -0.338 e. The van der Waals surface area contributed by atoms with E-state index in [4.69, 9.17) is 0 Å². The number of hydrogen-bond donors (Lipinski definition) is 2. The first-order chi connectivity index (χ1) is 13.1. The molecule has 0 saturated carbocycles. The standard InChI is InChI=1S/C21H25N5O/c1-16(19-6-4-3-5-7-19)10-11-23-21(27)25-15-18-8-9-20(24-14-18)26-13-12-22-17(26)2/h3-9,12-14,16H,10-11,15H2,1-2H3,(H2,23,25,27). The summed E-state index contributed by atoms with van der Waals surface area (Å²) in [6, 6.07) is 14.0. The third-order valence-electron chi connectivity index (χ3n) is 4.57. The molecule has 6 heteroatoms. The summed E-state index contributed by atoms with van der Waals surface area (Å²) in [5.74, 6) is 2.11. The van der Waals surface area contributed by atoms with Crippen LogP contribution in [0.5, 0.6) is 0 Å². The van der Waals surface area contributed by atoms with E-state index in [9.17, 15) is 4.79 Å². The Hall–Kier alpha value is -3.15. The second-order valence-electron chi connectivity index (χ2n) is 6.58. The van der Waals surface area contributed by atoms with E-state index in [-0.39, 0.29) is 6.03 Å². The number of aryl methyl sites for hydroxylation is 1. The average Bonchev–Trinajstić information content (AvgIpc) is 3.13. The van der Waals surface area contributed by atoms with Crippen molar-refractivity contribution in [2.24, 2.45) is 0 Å². The van der Waals surface area contributed by atoms with Crippen LogP contribution in [0.1, 0.15) is 36.2 Å². The van der Waals surface area contributed by atoms with E-state index in [0.717, 1.165) is 23.6 Å². The smallest absolute Gasteiger partial charge is 0.315 e. The number of pyridine rings is 1. The molecule has 3 aromatic rings. The van der Waals surface area contributed by atoms with Crippen molar-refractivity contribution in [3.8, 4) is 5.82 Å². The molecular weight excluding hydrogens is 338 g/mol. The number of amides is 2. The lowest BCUT2D eigenvalue weighted by atomic mass is 9.98. The second kappa shape index (κ2) is 8.98. The third-order valence-corrected chi connectivity index (χ3v) is 4.57. The van der Waals surface area contributed by atoms with Gasteiger partial charge in [-0.15, -0.1) is 0 Å². The number of rotatable bonds is 7. The highest BCUT2D eigenvalue weighted by molar-refractivity contribution is 5.73. The highest BCUT2D eigenvalue weighted by atomic mass is 16.2. The monoisotopic (exact) mass is 363 g/mol. The molecule has 3 rings (SSSR count). The summed E-state index contributed by atoms with van der Waals surface area (Å²) in [5, 5.41) is 5.78. The van der Waals surface area contributed by atoms with Gasteiger partial charge in [0.05, 0.1) is 0 Å². The Morgan fingerprint density at radius 3 is 2.59 bits per heavy atom. The van der Waals surface area contributed by atoms with Gasteiger partial charge in [-0.3, -0.25) is 4.57 Å². The molecule has 0 aliphatic carbocycles. The van der Waals surface area contributed by atoms with E-state index in [0.29, 0.717) is 19.0 Å². The lowest BCUT2D eigenvalue weighted by Gasteiger charge is -2.13. The van der Waals surface area contributed by atoms with Crippen molar-refractivity contribution >= 4 is 6.03 Å². The maximum absolute atomic E-state index is 12.0. The van der Waals surface area contributed by atoms with Crippen LogP contribution in [0.15, 0.2) is 61.1 Å². The molecule has 2 aromatic heterocycles. The molecule has 27 heavy (non-hydrogen) atoms. The van der Waals surface area contributed by atoms with E-state index < -0.39 is 0 Å². The molecule has 0 radical (unpaired) electrons. The lowest BCUT2D eigenvalue weighted by Crippen LogP contribution is -2.35. The number of nitrogens with one attached hydrogen (secondary N) is 2. The molecule has 0 fully saturated rings. The first kappa shape index (κ1) is 18.6. The Morgan fingerprint density at radius 1 is 1.11 bits per heavy atom. The van der Waals surface area contributed by atoms with Crippen LogP contribution in [0, 0.1) is 6.92 Å². The Kier molecular flexibility index (Phi) is 6.20. The number of carbonyl (C=O) groups is 1. The zero-order valence-electron chi connectivity index (χ0n) is 15.7. The maximum Gasteiger partial charge on any atom is 0.315 e. The van der Waals surface area contributed by atoms with Crippen molar-refractivity contribution in [3.63, 3.8) is 0 Å². The van der Waals surface area contributed by atoms with Gasteiger partial charge < -0.3 is 10.6 Å². The van der Waals surface area contributed by atoms with Crippen molar-refractivity contribution in [1.29, 1.82) is 0 Å². The van der Waals surface area contributed by atoms with Crippen molar-refractivity contribution in [1.82, 2.24) is 25.2 Å². The molecule has 1 aromatic carbocycles. The highest BCUT2D eigenvalue weighted by Crippen LogP contribution is 2.17. The first-order valence-corrected chi connectivity index (χ1v) is 9.15. The number of urea groups is 1. The van der Waals surface area contributed by atoms with Gasteiger partial charge in [-0.05, 0) is 36.5 Å². The zero-order chi connectivity index (χ0) is 19.1. The predicted octanol–water partition coefficient (Wildman–Crippen LogP) is 3.57. The number of aromatic nitrogens is 3. The van der Waals surface area contributed by atoms with Gasteiger partial charge in [0.1, 0.15) is 11.6 Å². The lowest BCUT2D eigenvalue weighted by molar-refractivity contribution is 0.240. The molecule has 0 aliphatic heterocycles. The van der Waals surface area contributed by atoms with E-state index in [1.54, 1.807) is 12.4 Å². The van der Waals surface area contributed by atoms with Crippen LogP contribution in [0.2, 0.25) is 0 Å². The Balaban J connectivity index is 1.41. The van der Waals surface area contributed by atoms with E-state index in [1.165, 1.54) is 5.56 Å². The normalized spacial score (nSPS) is 11.8. The maximum atomic E-state index is 12.0. The van der Waals surface area contributed by atoms with Crippen LogP contribution < -0.4 is 10.6 Å². The number of hydrogen-bond acceptors (Lipinski definition) is 3. The van der Waals surface area contributed by atoms with E-state index >= 15 is 0 Å². The predicted molar refractivity (Wildman–Crippen MR) is 106 cm³/mol. The fraction of sp³-hybridized carbons (Fsp3) is 0.286. The minimum absolute atomic E-state index is 0.162. The summed E-state index contributed by atoms with van der Waals surface area (Å²) in [6.07, 6.45) is 6.29. The second-order valence-corrected chi connectivity index (χ2v) is 6.58. The molecule has 0 saturated heterocycles. The van der Waals surface area contributed by atoms with E-state index in [1.807, 2.05) is 48.0 Å². The van der Waals surface area contributed by atoms with Crippen LogP contribution in [0.3, 0.4) is 0 Å². The van der Waals surface area contributed by atoms with Gasteiger partial charge in [-0.2, -0.15) is 0 Å². The van der Waals surface area contributed by atoms with Crippen molar-refractivity contribution in [2.75, 3.05) is 6.54 Å². The van der Waals surface area contributed by atoms with Crippen LogP contribution in [-0.2, 0) is 6.54 Å². The molecule has 0 bridgehead atoms. The molecule has 2 amide bonds. The summed E-state index contributed by atoms with van der Waals surface area (Å²) in [4.78, 5) is 20.6. The minimum atomic E-state index is -0.162. The van der Waals surface area contributed by atoms with Crippen LogP contribution >= 0.6 is 0 Å². The first-order valence-electron chi connectivity index (χ1n) is 9.15. The number of imidazole rings is 1. The third kappa shape index (κ3) is 5.17. The van der Waals surface area contributed by atoms with Gasteiger partial charge >= 0.3 is 6.03 Å². The molecule has 2 N–H and O–H groups in total. The van der Waals surface area contributed by atoms with Gasteiger partial charge in [0.2, 0.25) is 0 Å². The van der Waals surface area contributed by atoms with Crippen LogP contribution in [-0.4, -0.2) is 27.1 Å². The topological polar surface area (TPSA) is 71.8 Å². The Labute approximate surface area is 159 Å². The molecule has 1 atom stereocenters. The fourth-order valence-corrected chi connectivity index (χ4v) is 2.88. The fourth-order valence-electron chi connectivity index (χ4n) is 2.88. The molecular formula is C21H25N5O. The van der Waals surface area contributed by atoms with Crippen LogP contribution in [0.4, 0.5) is 4.79 Å². The quantitative estimate of drug-likeness (QED) is 0.674. The molecule has 1 unspecified atom stereocenters. The van der Waals surface area contributed by atoms with E-state index in [2.05, 4.69) is 39.7 Å². The Morgan fingerprint density at radius 2 is 1.93 bits per heavy atom. The SMILES string of the molecule is Cc1nccn1-c1ccc(CNC(=O)NCCC(C)c2ccccc2)cn1. The van der Waals surface area contributed by atoms with Gasteiger partial charge in [0.15, 0.2) is 0 Å². The van der Waals surface area contributed by atoms with Gasteiger partial charge in [0.25, 0.3) is 0 Å². The molecule has 6 nitrogen and oxygen atoms in total. The summed E-state index contributed by atoms with van der Waals surface area (Å²) >= 11 is 0. The zero-order valence-corrected chi connectivity index (χ0v) is 15.7. The molecule has 0 aliphatic rings. The number of benzene rings is 1. The molecule has 0 spiro atoms.